The third kappa shape index (κ3) is 2.96. The fraction of sp³-hybridized carbons (Fsp3) is 0.150. The van der Waals surface area contributed by atoms with Crippen molar-refractivity contribution in [2.45, 2.75) is 13.0 Å². The number of aromatic amines is 1. The van der Waals surface area contributed by atoms with Crippen molar-refractivity contribution in [1.29, 1.82) is 0 Å². The van der Waals surface area contributed by atoms with E-state index in [1.807, 2.05) is 42.5 Å². The Morgan fingerprint density at radius 2 is 2.04 bits per heavy atom. The lowest BCUT2D eigenvalue weighted by Gasteiger charge is -2.24. The Hall–Kier alpha value is -3.19. The number of fused-ring (bicyclic) bond motifs is 1. The molecule has 0 amide bonds. The summed E-state index contributed by atoms with van der Waals surface area (Å²) in [7, 11) is 1.33. The number of methoxy groups -OCH3 is 1. The van der Waals surface area contributed by atoms with Gasteiger partial charge in [-0.3, -0.25) is 9.36 Å². The van der Waals surface area contributed by atoms with Gasteiger partial charge >= 0.3 is 5.97 Å². The van der Waals surface area contributed by atoms with E-state index >= 15 is 0 Å². The maximum atomic E-state index is 13.2. The van der Waals surface area contributed by atoms with Gasteiger partial charge in [0.1, 0.15) is 0 Å². The summed E-state index contributed by atoms with van der Waals surface area (Å²) in [6.07, 6.45) is 3.60. The second-order valence-corrected chi connectivity index (χ2v) is 7.12. The van der Waals surface area contributed by atoms with Crippen LogP contribution in [-0.4, -0.2) is 22.6 Å². The van der Waals surface area contributed by atoms with Crippen LogP contribution in [0.1, 0.15) is 24.2 Å². The zero-order valence-corrected chi connectivity index (χ0v) is 15.6. The lowest BCUT2D eigenvalue weighted by atomic mass is 9.96. The quantitative estimate of drug-likeness (QED) is 0.704. The van der Waals surface area contributed by atoms with Gasteiger partial charge in [-0.25, -0.2) is 9.79 Å². The van der Waals surface area contributed by atoms with E-state index < -0.39 is 12.0 Å². The summed E-state index contributed by atoms with van der Waals surface area (Å²) in [5, 5.41) is 0. The van der Waals surface area contributed by atoms with Gasteiger partial charge in [0.2, 0.25) is 0 Å². The van der Waals surface area contributed by atoms with E-state index in [4.69, 9.17) is 4.74 Å². The van der Waals surface area contributed by atoms with Crippen LogP contribution >= 0.6 is 11.3 Å². The highest BCUT2D eigenvalue weighted by Crippen LogP contribution is 2.30. The molecule has 0 bridgehead atoms. The van der Waals surface area contributed by atoms with Gasteiger partial charge in [0.05, 0.1) is 29.0 Å². The number of esters is 1. The van der Waals surface area contributed by atoms with Crippen molar-refractivity contribution in [3.8, 4) is 0 Å². The van der Waals surface area contributed by atoms with Crippen molar-refractivity contribution < 1.29 is 9.53 Å². The molecule has 1 N–H and O–H groups in total. The number of carbonyl (C=O) groups excluding carboxylic acids is 1. The number of nitrogens with zero attached hydrogens (tertiary/aromatic N) is 2. The molecule has 0 spiro atoms. The van der Waals surface area contributed by atoms with Crippen LogP contribution in [0.25, 0.3) is 6.08 Å². The number of carbonyl (C=O) groups is 1. The van der Waals surface area contributed by atoms with Crippen molar-refractivity contribution in [3.05, 3.63) is 90.9 Å². The van der Waals surface area contributed by atoms with E-state index in [0.717, 1.165) is 11.3 Å². The molecule has 6 nitrogen and oxygen atoms in total. The number of aromatic nitrogens is 2. The highest BCUT2D eigenvalue weighted by atomic mass is 32.1. The van der Waals surface area contributed by atoms with E-state index in [0.29, 0.717) is 20.6 Å². The molecule has 0 aliphatic carbocycles. The molecule has 1 atom stereocenters. The minimum Gasteiger partial charge on any atom is -0.466 e. The second kappa shape index (κ2) is 6.85. The van der Waals surface area contributed by atoms with Gasteiger partial charge in [0.15, 0.2) is 4.80 Å². The van der Waals surface area contributed by atoms with Gasteiger partial charge < -0.3 is 9.72 Å². The van der Waals surface area contributed by atoms with Crippen molar-refractivity contribution >= 4 is 23.4 Å². The predicted molar refractivity (Wildman–Crippen MR) is 103 cm³/mol. The van der Waals surface area contributed by atoms with Crippen LogP contribution in [0.3, 0.4) is 0 Å². The average Bonchev–Trinajstić information content (AvgIpc) is 3.29. The van der Waals surface area contributed by atoms with Gasteiger partial charge in [0, 0.05) is 11.9 Å². The highest BCUT2D eigenvalue weighted by Gasteiger charge is 2.32. The van der Waals surface area contributed by atoms with Crippen LogP contribution in [0, 0.1) is 0 Å². The Morgan fingerprint density at radius 3 is 2.70 bits per heavy atom. The molecule has 0 fully saturated rings. The largest absolute Gasteiger partial charge is 0.466 e. The van der Waals surface area contributed by atoms with Crippen LogP contribution in [0.15, 0.2) is 69.7 Å². The summed E-state index contributed by atoms with van der Waals surface area (Å²) in [5.41, 5.74) is 2.42. The summed E-state index contributed by atoms with van der Waals surface area (Å²) >= 11 is 1.31. The summed E-state index contributed by atoms with van der Waals surface area (Å²) in [4.78, 5) is 33.8. The van der Waals surface area contributed by atoms with E-state index in [1.165, 1.54) is 18.4 Å². The van der Waals surface area contributed by atoms with Crippen molar-refractivity contribution in [3.63, 3.8) is 0 Å². The van der Waals surface area contributed by atoms with Crippen molar-refractivity contribution in [1.82, 2.24) is 9.55 Å². The molecule has 2 aromatic heterocycles. The van der Waals surface area contributed by atoms with E-state index in [-0.39, 0.29) is 5.56 Å². The van der Waals surface area contributed by atoms with E-state index in [1.54, 1.807) is 23.8 Å². The molecule has 27 heavy (non-hydrogen) atoms. The fourth-order valence-electron chi connectivity index (χ4n) is 3.22. The van der Waals surface area contributed by atoms with Gasteiger partial charge in [-0.1, -0.05) is 41.7 Å². The Bertz CT molecular complexity index is 1200. The first-order chi connectivity index (χ1) is 13.1. The third-order valence-corrected chi connectivity index (χ3v) is 5.43. The fourth-order valence-corrected chi connectivity index (χ4v) is 4.26. The van der Waals surface area contributed by atoms with Crippen molar-refractivity contribution in [2.24, 2.45) is 4.99 Å². The summed E-state index contributed by atoms with van der Waals surface area (Å²) in [6, 6.07) is 12.6. The number of nitrogens with one attached hydrogen (secondary N) is 1. The molecule has 0 saturated heterocycles. The van der Waals surface area contributed by atoms with Crippen LogP contribution in [-0.2, 0) is 9.53 Å². The number of rotatable bonds is 3. The Labute approximate surface area is 158 Å². The van der Waals surface area contributed by atoms with Gasteiger partial charge in [-0.05, 0) is 30.7 Å². The molecule has 136 valence electrons. The van der Waals surface area contributed by atoms with Crippen molar-refractivity contribution in [2.75, 3.05) is 7.11 Å². The maximum Gasteiger partial charge on any atom is 0.338 e. The first kappa shape index (κ1) is 17.2. The standard InChI is InChI=1S/C20H17N3O3S/c1-12-16(19(25)26-2)17(13-7-4-3-5-8-13)23-18(24)15(27-20(23)22-12)11-14-9-6-10-21-14/h3-11,17,21H,1-2H3/b15-11-. The third-order valence-electron chi connectivity index (χ3n) is 4.45. The van der Waals surface area contributed by atoms with Crippen LogP contribution in [0.2, 0.25) is 0 Å². The first-order valence-corrected chi connectivity index (χ1v) is 9.21. The lowest BCUT2D eigenvalue weighted by molar-refractivity contribution is -0.136. The number of H-pyrrole nitrogens is 1. The zero-order valence-electron chi connectivity index (χ0n) is 14.8. The van der Waals surface area contributed by atoms with Crippen LogP contribution in [0.4, 0.5) is 0 Å². The highest BCUT2D eigenvalue weighted by molar-refractivity contribution is 7.07. The van der Waals surface area contributed by atoms with Crippen LogP contribution in [0.5, 0.6) is 0 Å². The molecule has 1 aliphatic rings. The number of hydrogen-bond donors (Lipinski definition) is 1. The second-order valence-electron chi connectivity index (χ2n) is 6.11. The molecular formula is C20H17N3O3S. The number of benzene rings is 1. The monoisotopic (exact) mass is 379 g/mol. The number of hydrogen-bond acceptors (Lipinski definition) is 5. The van der Waals surface area contributed by atoms with E-state index in [2.05, 4.69) is 9.98 Å². The maximum absolute atomic E-state index is 13.2. The van der Waals surface area contributed by atoms with E-state index in [9.17, 15) is 9.59 Å². The topological polar surface area (TPSA) is 76.4 Å². The first-order valence-electron chi connectivity index (χ1n) is 8.39. The predicted octanol–water partition coefficient (Wildman–Crippen LogP) is 1.74. The van der Waals surface area contributed by atoms with Gasteiger partial charge in [0.25, 0.3) is 5.56 Å². The number of ether oxygens (including phenoxy) is 1. The van der Waals surface area contributed by atoms with Crippen LogP contribution < -0.4 is 14.9 Å². The molecule has 3 heterocycles. The average molecular weight is 379 g/mol. The molecule has 1 aliphatic heterocycles. The molecule has 0 radical (unpaired) electrons. The molecule has 3 aromatic rings. The SMILES string of the molecule is COC(=O)C1=C(C)N=c2s/c(=C\c3ccc[nH]3)c(=O)n2C1c1ccccc1. The Kier molecular flexibility index (Phi) is 4.37. The minimum absolute atomic E-state index is 0.184. The summed E-state index contributed by atoms with van der Waals surface area (Å²) in [6.45, 7) is 1.77. The molecular weight excluding hydrogens is 362 g/mol. The number of allylic oxidation sites excluding steroid dienone is 1. The minimum atomic E-state index is -0.569. The summed E-state index contributed by atoms with van der Waals surface area (Å²) < 4.78 is 7.11. The summed E-state index contributed by atoms with van der Waals surface area (Å²) in [5.74, 6) is -0.483. The Balaban J connectivity index is 2.00. The molecule has 1 unspecified atom stereocenters. The lowest BCUT2D eigenvalue weighted by Crippen LogP contribution is -2.39. The molecule has 4 rings (SSSR count). The van der Waals surface area contributed by atoms with Gasteiger partial charge in [-0.2, -0.15) is 0 Å². The smallest absolute Gasteiger partial charge is 0.338 e. The molecule has 1 aromatic carbocycles. The molecule has 0 saturated carbocycles. The zero-order chi connectivity index (χ0) is 19.0. The molecule has 7 heteroatoms. The Morgan fingerprint density at radius 1 is 1.26 bits per heavy atom. The normalized spacial score (nSPS) is 16.8. The van der Waals surface area contributed by atoms with Gasteiger partial charge in [-0.15, -0.1) is 0 Å². The number of thiazole rings is 1.